The summed E-state index contributed by atoms with van der Waals surface area (Å²) in [4.78, 5) is 12.3. The molecule has 0 radical (unpaired) electrons. The van der Waals surface area contributed by atoms with Crippen LogP contribution in [0.4, 0.5) is 5.69 Å². The zero-order valence-electron chi connectivity index (χ0n) is 13.5. The van der Waals surface area contributed by atoms with Crippen molar-refractivity contribution in [3.05, 3.63) is 65.2 Å². The molecule has 0 aliphatic heterocycles. The number of carbonyl (C=O) groups excluding carboxylic acids is 1. The van der Waals surface area contributed by atoms with Gasteiger partial charge in [-0.25, -0.2) is 0 Å². The largest absolute Gasteiger partial charge is 0.322 e. The van der Waals surface area contributed by atoms with Crippen molar-refractivity contribution in [3.63, 3.8) is 0 Å². The van der Waals surface area contributed by atoms with Gasteiger partial charge in [0.25, 0.3) is 0 Å². The summed E-state index contributed by atoms with van der Waals surface area (Å²) in [5, 5.41) is 12.0. The zero-order valence-corrected chi connectivity index (χ0v) is 14.2. The number of nitrogens with one attached hydrogen (secondary N) is 1. The number of nitrogens with zero attached hydrogens (tertiary/aromatic N) is 4. The van der Waals surface area contributed by atoms with Crippen molar-refractivity contribution in [2.24, 2.45) is 0 Å². The van der Waals surface area contributed by atoms with Gasteiger partial charge in [-0.3, -0.25) is 14.2 Å². The SMILES string of the molecule is Cc1cnn(C(C)C(=O)Nc2cnn(Cc3cccc(Cl)c3)c2)c1. The van der Waals surface area contributed by atoms with E-state index in [0.717, 1.165) is 11.1 Å². The first-order chi connectivity index (χ1) is 11.5. The molecule has 124 valence electrons. The van der Waals surface area contributed by atoms with Crippen LogP contribution in [0.5, 0.6) is 0 Å². The van der Waals surface area contributed by atoms with Crippen LogP contribution in [-0.2, 0) is 11.3 Å². The van der Waals surface area contributed by atoms with E-state index in [2.05, 4.69) is 15.5 Å². The summed E-state index contributed by atoms with van der Waals surface area (Å²) in [6, 6.07) is 7.21. The number of aromatic nitrogens is 4. The lowest BCUT2D eigenvalue weighted by Crippen LogP contribution is -2.23. The normalized spacial score (nSPS) is 12.1. The van der Waals surface area contributed by atoms with Crippen molar-refractivity contribution < 1.29 is 4.79 Å². The number of anilines is 1. The second-order valence-electron chi connectivity index (χ2n) is 5.72. The van der Waals surface area contributed by atoms with E-state index in [1.165, 1.54) is 0 Å². The van der Waals surface area contributed by atoms with Crippen molar-refractivity contribution in [2.45, 2.75) is 26.4 Å². The molecule has 6 nitrogen and oxygen atoms in total. The average Bonchev–Trinajstić information content (AvgIpc) is 3.16. The van der Waals surface area contributed by atoms with Gasteiger partial charge in [-0.05, 0) is 37.1 Å². The van der Waals surface area contributed by atoms with Crippen LogP contribution in [0.25, 0.3) is 0 Å². The molecule has 0 saturated heterocycles. The molecule has 7 heteroatoms. The first-order valence-electron chi connectivity index (χ1n) is 7.60. The number of benzene rings is 1. The van der Waals surface area contributed by atoms with Crippen LogP contribution in [-0.4, -0.2) is 25.5 Å². The summed E-state index contributed by atoms with van der Waals surface area (Å²) in [6.07, 6.45) is 6.99. The maximum atomic E-state index is 12.3. The van der Waals surface area contributed by atoms with E-state index in [4.69, 9.17) is 11.6 Å². The highest BCUT2D eigenvalue weighted by Gasteiger charge is 2.16. The minimum Gasteiger partial charge on any atom is -0.322 e. The Balaban J connectivity index is 1.64. The summed E-state index contributed by atoms with van der Waals surface area (Å²) >= 11 is 5.98. The minimum absolute atomic E-state index is 0.139. The molecule has 0 spiro atoms. The van der Waals surface area contributed by atoms with Gasteiger partial charge in [0.15, 0.2) is 0 Å². The quantitative estimate of drug-likeness (QED) is 0.773. The maximum absolute atomic E-state index is 12.3. The van der Waals surface area contributed by atoms with Gasteiger partial charge in [-0.1, -0.05) is 23.7 Å². The number of amides is 1. The van der Waals surface area contributed by atoms with Crippen LogP contribution < -0.4 is 5.32 Å². The van der Waals surface area contributed by atoms with E-state index in [1.54, 1.807) is 34.9 Å². The fraction of sp³-hybridized carbons (Fsp3) is 0.235. The maximum Gasteiger partial charge on any atom is 0.249 e. The number of hydrogen-bond acceptors (Lipinski definition) is 3. The molecule has 2 aromatic heterocycles. The predicted molar refractivity (Wildman–Crippen MR) is 93.1 cm³/mol. The number of halogens is 1. The van der Waals surface area contributed by atoms with Gasteiger partial charge < -0.3 is 5.32 Å². The topological polar surface area (TPSA) is 64.7 Å². The standard InChI is InChI=1S/C17H18ClN5O/c1-12-7-20-23(9-12)13(2)17(24)21-16-8-19-22(11-16)10-14-4-3-5-15(18)6-14/h3-9,11,13H,10H2,1-2H3,(H,21,24). The van der Waals surface area contributed by atoms with Gasteiger partial charge in [0, 0.05) is 17.4 Å². The molecule has 0 aliphatic carbocycles. The van der Waals surface area contributed by atoms with Crippen LogP contribution in [0.3, 0.4) is 0 Å². The molecule has 24 heavy (non-hydrogen) atoms. The molecule has 0 aliphatic rings. The van der Waals surface area contributed by atoms with Crippen molar-refractivity contribution in [1.82, 2.24) is 19.6 Å². The molecule has 1 unspecified atom stereocenters. The van der Waals surface area contributed by atoms with Gasteiger partial charge in [0.05, 0.1) is 24.6 Å². The summed E-state index contributed by atoms with van der Waals surface area (Å²) in [6.45, 7) is 4.33. The van der Waals surface area contributed by atoms with Gasteiger partial charge in [0.1, 0.15) is 6.04 Å². The molecule has 0 saturated carbocycles. The third-order valence-corrected chi connectivity index (χ3v) is 3.88. The second-order valence-corrected chi connectivity index (χ2v) is 6.16. The molecule has 3 rings (SSSR count). The molecule has 0 bridgehead atoms. The Morgan fingerprint density at radius 1 is 1.29 bits per heavy atom. The van der Waals surface area contributed by atoms with Gasteiger partial charge >= 0.3 is 0 Å². The Hall–Kier alpha value is -2.60. The highest BCUT2D eigenvalue weighted by Crippen LogP contribution is 2.14. The first-order valence-corrected chi connectivity index (χ1v) is 7.97. The average molecular weight is 344 g/mol. The molecule has 1 N–H and O–H groups in total. The van der Waals surface area contributed by atoms with E-state index < -0.39 is 6.04 Å². The molecular formula is C17H18ClN5O. The van der Waals surface area contributed by atoms with Gasteiger partial charge in [-0.2, -0.15) is 10.2 Å². The lowest BCUT2D eigenvalue weighted by atomic mass is 10.2. The van der Waals surface area contributed by atoms with Crippen LogP contribution >= 0.6 is 11.6 Å². The first kappa shape index (κ1) is 16.3. The van der Waals surface area contributed by atoms with Crippen LogP contribution in [0.15, 0.2) is 49.1 Å². The second kappa shape index (κ2) is 6.88. The van der Waals surface area contributed by atoms with Crippen molar-refractivity contribution in [3.8, 4) is 0 Å². The lowest BCUT2D eigenvalue weighted by Gasteiger charge is -2.11. The van der Waals surface area contributed by atoms with E-state index in [-0.39, 0.29) is 5.91 Å². The number of hydrogen-bond donors (Lipinski definition) is 1. The summed E-state index contributed by atoms with van der Waals surface area (Å²) in [7, 11) is 0. The van der Waals surface area contributed by atoms with Crippen molar-refractivity contribution in [1.29, 1.82) is 0 Å². The monoisotopic (exact) mass is 343 g/mol. The van der Waals surface area contributed by atoms with Crippen molar-refractivity contribution >= 4 is 23.2 Å². The third kappa shape index (κ3) is 3.83. The zero-order chi connectivity index (χ0) is 17.1. The molecule has 3 aromatic rings. The molecule has 2 heterocycles. The summed E-state index contributed by atoms with van der Waals surface area (Å²) < 4.78 is 3.39. The fourth-order valence-corrected chi connectivity index (χ4v) is 2.56. The lowest BCUT2D eigenvalue weighted by molar-refractivity contribution is -0.119. The van der Waals surface area contributed by atoms with E-state index in [0.29, 0.717) is 17.3 Å². The molecule has 1 aromatic carbocycles. The Bertz CT molecular complexity index is 854. The Morgan fingerprint density at radius 2 is 2.12 bits per heavy atom. The van der Waals surface area contributed by atoms with Crippen LogP contribution in [0.1, 0.15) is 24.1 Å². The number of carbonyl (C=O) groups is 1. The Morgan fingerprint density at radius 3 is 2.83 bits per heavy atom. The van der Waals surface area contributed by atoms with Crippen LogP contribution in [0, 0.1) is 6.92 Å². The molecule has 1 amide bonds. The van der Waals surface area contributed by atoms with E-state index >= 15 is 0 Å². The minimum atomic E-state index is -0.394. The van der Waals surface area contributed by atoms with Gasteiger partial charge in [-0.15, -0.1) is 0 Å². The third-order valence-electron chi connectivity index (χ3n) is 3.64. The number of aryl methyl sites for hydroxylation is 1. The Kier molecular flexibility index (Phi) is 4.66. The van der Waals surface area contributed by atoms with Crippen LogP contribution in [0.2, 0.25) is 5.02 Å². The number of rotatable bonds is 5. The molecule has 1 atom stereocenters. The summed E-state index contributed by atoms with van der Waals surface area (Å²) in [5.74, 6) is -0.139. The smallest absolute Gasteiger partial charge is 0.249 e. The Labute approximate surface area is 145 Å². The molecule has 0 fully saturated rings. The molecular weight excluding hydrogens is 326 g/mol. The van der Waals surface area contributed by atoms with E-state index in [1.807, 2.05) is 37.4 Å². The highest BCUT2D eigenvalue weighted by atomic mass is 35.5. The van der Waals surface area contributed by atoms with Crippen molar-refractivity contribution in [2.75, 3.05) is 5.32 Å². The fourth-order valence-electron chi connectivity index (χ4n) is 2.35. The van der Waals surface area contributed by atoms with Gasteiger partial charge in [0.2, 0.25) is 5.91 Å². The predicted octanol–water partition coefficient (Wildman–Crippen LogP) is 3.29. The summed E-state index contributed by atoms with van der Waals surface area (Å²) in [5.41, 5.74) is 2.71. The highest BCUT2D eigenvalue weighted by molar-refractivity contribution is 6.30. The van der Waals surface area contributed by atoms with E-state index in [9.17, 15) is 4.79 Å².